The van der Waals surface area contributed by atoms with Gasteiger partial charge in [0, 0.05) is 36.6 Å². The molecule has 0 radical (unpaired) electrons. The molecule has 1 rings (SSSR count). The van der Waals surface area contributed by atoms with Gasteiger partial charge in [-0.05, 0) is 13.3 Å². The third-order valence-corrected chi connectivity index (χ3v) is 3.45. The van der Waals surface area contributed by atoms with Gasteiger partial charge in [-0.3, -0.25) is 14.3 Å². The summed E-state index contributed by atoms with van der Waals surface area (Å²) in [6.45, 7) is 3.06. The molecule has 1 N–H and O–H groups in total. The number of aromatic nitrogens is 2. The molecular formula is C9H13ClN2O5S. The first-order valence-electron chi connectivity index (χ1n) is 5.22. The summed E-state index contributed by atoms with van der Waals surface area (Å²) in [7, 11) is 0.914. The van der Waals surface area contributed by atoms with Crippen LogP contribution in [-0.2, 0) is 20.3 Å². The Balaban J connectivity index is 3.00. The lowest BCUT2D eigenvalue weighted by Gasteiger charge is -2.06. The van der Waals surface area contributed by atoms with Gasteiger partial charge in [0.15, 0.2) is 4.90 Å². The van der Waals surface area contributed by atoms with Crippen molar-refractivity contribution in [3.63, 3.8) is 0 Å². The van der Waals surface area contributed by atoms with Crippen LogP contribution in [0.25, 0.3) is 0 Å². The molecule has 0 saturated carbocycles. The van der Waals surface area contributed by atoms with Crippen LogP contribution >= 0.6 is 10.7 Å². The average Bonchev–Trinajstić information content (AvgIpc) is 2.25. The second kappa shape index (κ2) is 6.17. The predicted molar refractivity (Wildman–Crippen MR) is 65.5 cm³/mol. The molecular weight excluding hydrogens is 284 g/mol. The maximum absolute atomic E-state index is 11.4. The normalized spacial score (nSPS) is 11.7. The molecule has 0 amide bonds. The summed E-state index contributed by atoms with van der Waals surface area (Å²) < 4.78 is 28.4. The van der Waals surface area contributed by atoms with Crippen LogP contribution in [0.4, 0.5) is 0 Å². The van der Waals surface area contributed by atoms with Crippen LogP contribution in [0, 0.1) is 0 Å². The van der Waals surface area contributed by atoms with Gasteiger partial charge in [-0.15, -0.1) is 0 Å². The van der Waals surface area contributed by atoms with E-state index >= 15 is 0 Å². The number of halogens is 1. The van der Waals surface area contributed by atoms with E-state index < -0.39 is 25.2 Å². The second-order valence-corrected chi connectivity index (χ2v) is 5.97. The number of nitrogens with zero attached hydrogens (tertiary/aromatic N) is 1. The maximum atomic E-state index is 11.4. The van der Waals surface area contributed by atoms with Gasteiger partial charge in [-0.1, -0.05) is 0 Å². The molecule has 1 heterocycles. The van der Waals surface area contributed by atoms with Gasteiger partial charge in [-0.25, -0.2) is 13.2 Å². The molecule has 0 aliphatic rings. The minimum atomic E-state index is -4.17. The van der Waals surface area contributed by atoms with Crippen molar-refractivity contribution >= 4 is 19.7 Å². The third-order valence-electron chi connectivity index (χ3n) is 2.13. The van der Waals surface area contributed by atoms with Crippen molar-refractivity contribution in [3.05, 3.63) is 27.0 Å². The fourth-order valence-corrected chi connectivity index (χ4v) is 2.17. The van der Waals surface area contributed by atoms with Crippen molar-refractivity contribution < 1.29 is 13.2 Å². The molecule has 0 aliphatic carbocycles. The lowest BCUT2D eigenvalue weighted by atomic mass is 10.4. The molecule has 0 bridgehead atoms. The van der Waals surface area contributed by atoms with Crippen LogP contribution in [0.15, 0.2) is 20.7 Å². The molecule has 0 aromatic carbocycles. The SMILES string of the molecule is CCOCCCn1cc(S(=O)(=O)Cl)c(=O)[nH]c1=O. The van der Waals surface area contributed by atoms with Gasteiger partial charge >= 0.3 is 5.69 Å². The van der Waals surface area contributed by atoms with Crippen molar-refractivity contribution in [1.29, 1.82) is 0 Å². The Labute approximate surface area is 108 Å². The quantitative estimate of drug-likeness (QED) is 0.583. The number of hydrogen-bond donors (Lipinski definition) is 1. The molecule has 0 aliphatic heterocycles. The fraction of sp³-hybridized carbons (Fsp3) is 0.556. The average molecular weight is 297 g/mol. The number of rotatable bonds is 6. The predicted octanol–water partition coefficient (Wildman–Crippen LogP) is -0.109. The van der Waals surface area contributed by atoms with E-state index in [0.29, 0.717) is 19.6 Å². The first-order valence-corrected chi connectivity index (χ1v) is 7.53. The number of H-pyrrole nitrogens is 1. The summed E-state index contributed by atoms with van der Waals surface area (Å²) >= 11 is 0. The first-order chi connectivity index (χ1) is 8.36. The van der Waals surface area contributed by atoms with Crippen molar-refractivity contribution in [3.8, 4) is 0 Å². The van der Waals surface area contributed by atoms with Crippen LogP contribution in [0.2, 0.25) is 0 Å². The zero-order chi connectivity index (χ0) is 13.8. The standard InChI is InChI=1S/C9H13ClN2O5S/c1-2-17-5-3-4-12-6-7(18(10,15)16)8(13)11-9(12)14/h6H,2-5H2,1H3,(H,11,13,14). The summed E-state index contributed by atoms with van der Waals surface area (Å²) in [6.07, 6.45) is 1.46. The lowest BCUT2D eigenvalue weighted by Crippen LogP contribution is -2.32. The summed E-state index contributed by atoms with van der Waals surface area (Å²) in [5.41, 5.74) is -1.70. The highest BCUT2D eigenvalue weighted by molar-refractivity contribution is 8.13. The smallest absolute Gasteiger partial charge is 0.328 e. The van der Waals surface area contributed by atoms with Crippen LogP contribution in [0.5, 0.6) is 0 Å². The van der Waals surface area contributed by atoms with E-state index in [4.69, 9.17) is 15.4 Å². The van der Waals surface area contributed by atoms with E-state index in [-0.39, 0.29) is 6.54 Å². The Hall–Kier alpha value is -1.12. The van der Waals surface area contributed by atoms with E-state index in [1.165, 1.54) is 0 Å². The third kappa shape index (κ3) is 3.97. The molecule has 0 unspecified atom stereocenters. The molecule has 1 aromatic rings. The van der Waals surface area contributed by atoms with Gasteiger partial charge in [0.2, 0.25) is 0 Å². The zero-order valence-electron chi connectivity index (χ0n) is 9.68. The summed E-state index contributed by atoms with van der Waals surface area (Å²) in [5, 5.41) is 0. The number of nitrogens with one attached hydrogen (secondary N) is 1. The minimum Gasteiger partial charge on any atom is -0.382 e. The van der Waals surface area contributed by atoms with E-state index in [9.17, 15) is 18.0 Å². The van der Waals surface area contributed by atoms with Crippen molar-refractivity contribution in [2.24, 2.45) is 0 Å². The summed E-state index contributed by atoms with van der Waals surface area (Å²) in [6, 6.07) is 0. The van der Waals surface area contributed by atoms with E-state index in [0.717, 1.165) is 10.8 Å². The molecule has 0 spiro atoms. The Morgan fingerprint density at radius 1 is 1.44 bits per heavy atom. The first kappa shape index (κ1) is 14.9. The van der Waals surface area contributed by atoms with Crippen LogP contribution in [0.3, 0.4) is 0 Å². The van der Waals surface area contributed by atoms with Gasteiger partial charge in [0.25, 0.3) is 14.6 Å². The van der Waals surface area contributed by atoms with Gasteiger partial charge in [-0.2, -0.15) is 0 Å². The number of ether oxygens (including phenoxy) is 1. The Kier molecular flexibility index (Phi) is 5.12. The van der Waals surface area contributed by atoms with Crippen molar-refractivity contribution in [2.45, 2.75) is 24.8 Å². The number of aryl methyl sites for hydroxylation is 1. The van der Waals surface area contributed by atoms with Crippen LogP contribution in [0.1, 0.15) is 13.3 Å². The van der Waals surface area contributed by atoms with Crippen LogP contribution in [-0.4, -0.2) is 31.2 Å². The highest BCUT2D eigenvalue weighted by atomic mass is 35.7. The monoisotopic (exact) mass is 296 g/mol. The Bertz CT molecular complexity index is 619. The maximum Gasteiger partial charge on any atom is 0.328 e. The molecule has 18 heavy (non-hydrogen) atoms. The van der Waals surface area contributed by atoms with E-state index in [1.807, 2.05) is 11.9 Å². The second-order valence-electron chi connectivity index (χ2n) is 3.43. The Morgan fingerprint density at radius 3 is 2.67 bits per heavy atom. The molecule has 0 atom stereocenters. The summed E-state index contributed by atoms with van der Waals surface area (Å²) in [4.78, 5) is 23.9. The molecule has 1 aromatic heterocycles. The van der Waals surface area contributed by atoms with Crippen molar-refractivity contribution in [2.75, 3.05) is 13.2 Å². The lowest BCUT2D eigenvalue weighted by molar-refractivity contribution is 0.141. The van der Waals surface area contributed by atoms with Crippen molar-refractivity contribution in [1.82, 2.24) is 9.55 Å². The largest absolute Gasteiger partial charge is 0.382 e. The molecule has 0 fully saturated rings. The molecule has 0 saturated heterocycles. The fourth-order valence-electron chi connectivity index (χ4n) is 1.31. The number of hydrogen-bond acceptors (Lipinski definition) is 5. The van der Waals surface area contributed by atoms with Gasteiger partial charge in [0.05, 0.1) is 0 Å². The van der Waals surface area contributed by atoms with Crippen LogP contribution < -0.4 is 11.2 Å². The topological polar surface area (TPSA) is 98.2 Å². The number of aromatic amines is 1. The van der Waals surface area contributed by atoms with E-state index in [2.05, 4.69) is 0 Å². The minimum absolute atomic E-state index is 0.231. The summed E-state index contributed by atoms with van der Waals surface area (Å²) in [5.74, 6) is 0. The van der Waals surface area contributed by atoms with E-state index in [1.54, 1.807) is 0 Å². The Morgan fingerprint density at radius 2 is 2.11 bits per heavy atom. The molecule has 102 valence electrons. The molecule has 7 nitrogen and oxygen atoms in total. The highest BCUT2D eigenvalue weighted by Crippen LogP contribution is 2.07. The zero-order valence-corrected chi connectivity index (χ0v) is 11.3. The highest BCUT2D eigenvalue weighted by Gasteiger charge is 2.16. The van der Waals surface area contributed by atoms with Gasteiger partial charge < -0.3 is 4.74 Å². The molecule has 9 heteroatoms. The van der Waals surface area contributed by atoms with Gasteiger partial charge in [0.1, 0.15) is 0 Å².